The minimum atomic E-state index is -1.02. The fourth-order valence-corrected chi connectivity index (χ4v) is 2.71. The van der Waals surface area contributed by atoms with Crippen LogP contribution in [0.4, 0.5) is 0 Å². The van der Waals surface area contributed by atoms with Crippen molar-refractivity contribution in [3.8, 4) is 0 Å². The van der Waals surface area contributed by atoms with Gasteiger partial charge in [0.05, 0.1) is 17.4 Å². The van der Waals surface area contributed by atoms with E-state index in [9.17, 15) is 9.59 Å². The van der Waals surface area contributed by atoms with E-state index in [1.54, 1.807) is 19.9 Å². The van der Waals surface area contributed by atoms with Crippen molar-refractivity contribution >= 4 is 23.2 Å². The van der Waals surface area contributed by atoms with Gasteiger partial charge in [-0.05, 0) is 19.8 Å². The lowest BCUT2D eigenvalue weighted by Crippen LogP contribution is -2.26. The number of amides is 1. The van der Waals surface area contributed by atoms with Crippen LogP contribution in [0.15, 0.2) is 10.6 Å². The van der Waals surface area contributed by atoms with Crippen LogP contribution >= 0.6 is 11.3 Å². The molecule has 0 spiro atoms. The van der Waals surface area contributed by atoms with Crippen LogP contribution in [0.25, 0.3) is 0 Å². The normalized spacial score (nSPS) is 12.4. The van der Waals surface area contributed by atoms with Gasteiger partial charge in [-0.25, -0.2) is 9.78 Å². The highest BCUT2D eigenvalue weighted by Crippen LogP contribution is 2.24. The molecule has 7 nitrogen and oxygen atoms in total. The van der Waals surface area contributed by atoms with Crippen molar-refractivity contribution in [2.45, 2.75) is 39.7 Å². The van der Waals surface area contributed by atoms with Crippen molar-refractivity contribution in [3.63, 3.8) is 0 Å². The standard InChI is InChI=1S/C14H17N3O4S/c1-6(2)9-5-10(21-17-9)12(18)15-8(4)13-16-7(3)11(22-13)14(19)20/h5-6,8H,1-4H3,(H,15,18)(H,19,20). The predicted molar refractivity (Wildman–Crippen MR) is 80.3 cm³/mol. The molecule has 0 aromatic carbocycles. The number of carbonyl (C=O) groups is 2. The van der Waals surface area contributed by atoms with Crippen molar-refractivity contribution in [3.05, 3.63) is 33.1 Å². The summed E-state index contributed by atoms with van der Waals surface area (Å²) in [6.45, 7) is 7.27. The van der Waals surface area contributed by atoms with Crippen molar-refractivity contribution in [1.82, 2.24) is 15.5 Å². The Morgan fingerprint density at radius 1 is 1.36 bits per heavy atom. The molecule has 2 aromatic rings. The van der Waals surface area contributed by atoms with Gasteiger partial charge in [0.2, 0.25) is 5.76 Å². The van der Waals surface area contributed by atoms with Gasteiger partial charge in [0, 0.05) is 6.07 Å². The van der Waals surface area contributed by atoms with Gasteiger partial charge >= 0.3 is 5.97 Å². The molecular formula is C14H17N3O4S. The monoisotopic (exact) mass is 323 g/mol. The van der Waals surface area contributed by atoms with E-state index in [0.717, 1.165) is 11.3 Å². The number of rotatable bonds is 5. The molecule has 8 heteroatoms. The number of hydrogen-bond donors (Lipinski definition) is 2. The molecule has 1 unspecified atom stereocenters. The zero-order valence-corrected chi connectivity index (χ0v) is 13.5. The van der Waals surface area contributed by atoms with E-state index in [1.807, 2.05) is 13.8 Å². The van der Waals surface area contributed by atoms with Gasteiger partial charge in [-0.1, -0.05) is 19.0 Å². The quantitative estimate of drug-likeness (QED) is 0.876. The Bertz CT molecular complexity index is 705. The van der Waals surface area contributed by atoms with Crippen molar-refractivity contribution in [1.29, 1.82) is 0 Å². The largest absolute Gasteiger partial charge is 0.477 e. The molecule has 0 aliphatic carbocycles. The number of carboxylic acid groups (broad SMARTS) is 1. The summed E-state index contributed by atoms with van der Waals surface area (Å²) in [5, 5.41) is 16.1. The van der Waals surface area contributed by atoms with Crippen LogP contribution in [0, 0.1) is 6.92 Å². The topological polar surface area (TPSA) is 105 Å². The van der Waals surface area contributed by atoms with Crippen LogP contribution < -0.4 is 5.32 Å². The number of aromatic nitrogens is 2. The zero-order valence-electron chi connectivity index (χ0n) is 12.7. The highest BCUT2D eigenvalue weighted by molar-refractivity contribution is 7.13. The molecule has 0 aliphatic heterocycles. The van der Waals surface area contributed by atoms with Gasteiger partial charge in [0.15, 0.2) is 0 Å². The minimum Gasteiger partial charge on any atom is -0.477 e. The summed E-state index contributed by atoms with van der Waals surface area (Å²) in [4.78, 5) is 27.5. The Labute approximate surface area is 131 Å². The molecule has 2 rings (SSSR count). The Hall–Kier alpha value is -2.22. The second-order valence-electron chi connectivity index (χ2n) is 5.24. The molecule has 0 saturated carbocycles. The van der Waals surface area contributed by atoms with Crippen molar-refractivity contribution in [2.24, 2.45) is 0 Å². The third-order valence-corrected chi connectivity index (χ3v) is 4.40. The van der Waals surface area contributed by atoms with Crippen LogP contribution in [-0.2, 0) is 0 Å². The number of thiazole rings is 1. The molecule has 0 aliphatic rings. The Kier molecular flexibility index (Phi) is 4.60. The van der Waals surface area contributed by atoms with E-state index < -0.39 is 17.9 Å². The molecular weight excluding hydrogens is 306 g/mol. The molecule has 22 heavy (non-hydrogen) atoms. The fourth-order valence-electron chi connectivity index (χ4n) is 1.80. The lowest BCUT2D eigenvalue weighted by Gasteiger charge is -2.09. The maximum Gasteiger partial charge on any atom is 0.347 e. The molecule has 0 bridgehead atoms. The third kappa shape index (κ3) is 3.33. The third-order valence-electron chi connectivity index (χ3n) is 3.07. The van der Waals surface area contributed by atoms with E-state index in [1.165, 1.54) is 0 Å². The second kappa shape index (κ2) is 6.27. The summed E-state index contributed by atoms with van der Waals surface area (Å²) < 4.78 is 5.02. The summed E-state index contributed by atoms with van der Waals surface area (Å²) in [5.41, 5.74) is 1.14. The lowest BCUT2D eigenvalue weighted by atomic mass is 10.1. The Balaban J connectivity index is 2.10. The average Bonchev–Trinajstić information content (AvgIpc) is 3.04. The summed E-state index contributed by atoms with van der Waals surface area (Å²) in [6.07, 6.45) is 0. The molecule has 1 amide bonds. The van der Waals surface area contributed by atoms with Gasteiger partial charge in [-0.15, -0.1) is 11.3 Å². The number of nitrogens with zero attached hydrogens (tertiary/aromatic N) is 2. The fraction of sp³-hybridized carbons (Fsp3) is 0.429. The Morgan fingerprint density at radius 3 is 2.55 bits per heavy atom. The molecule has 2 aromatic heterocycles. The van der Waals surface area contributed by atoms with Gasteiger partial charge < -0.3 is 14.9 Å². The Morgan fingerprint density at radius 2 is 2.05 bits per heavy atom. The van der Waals surface area contributed by atoms with Crippen LogP contribution in [0.2, 0.25) is 0 Å². The van der Waals surface area contributed by atoms with E-state index in [0.29, 0.717) is 16.4 Å². The first-order valence-electron chi connectivity index (χ1n) is 6.77. The number of nitrogens with one attached hydrogen (secondary N) is 1. The van der Waals surface area contributed by atoms with Crippen LogP contribution in [0.3, 0.4) is 0 Å². The second-order valence-corrected chi connectivity index (χ2v) is 6.27. The number of hydrogen-bond acceptors (Lipinski definition) is 6. The number of carbonyl (C=O) groups excluding carboxylic acids is 1. The summed E-state index contributed by atoms with van der Waals surface area (Å²) in [6, 6.07) is 1.18. The summed E-state index contributed by atoms with van der Waals surface area (Å²) >= 11 is 1.05. The van der Waals surface area contributed by atoms with Crippen molar-refractivity contribution < 1.29 is 19.2 Å². The van der Waals surface area contributed by atoms with E-state index in [-0.39, 0.29) is 16.6 Å². The zero-order chi connectivity index (χ0) is 16.4. The number of carboxylic acids is 1. The van der Waals surface area contributed by atoms with Crippen LogP contribution in [0.1, 0.15) is 69.4 Å². The molecule has 1 atom stereocenters. The van der Waals surface area contributed by atoms with Gasteiger partial charge in [-0.3, -0.25) is 4.79 Å². The van der Waals surface area contributed by atoms with Gasteiger partial charge in [-0.2, -0.15) is 0 Å². The van der Waals surface area contributed by atoms with E-state index in [4.69, 9.17) is 9.63 Å². The number of aryl methyl sites for hydroxylation is 1. The minimum absolute atomic E-state index is 0.127. The highest BCUT2D eigenvalue weighted by atomic mass is 32.1. The number of aromatic carboxylic acids is 1. The van der Waals surface area contributed by atoms with Gasteiger partial charge in [0.1, 0.15) is 9.88 Å². The average molecular weight is 323 g/mol. The molecule has 0 fully saturated rings. The van der Waals surface area contributed by atoms with E-state index >= 15 is 0 Å². The van der Waals surface area contributed by atoms with Gasteiger partial charge in [0.25, 0.3) is 5.91 Å². The van der Waals surface area contributed by atoms with Crippen molar-refractivity contribution in [2.75, 3.05) is 0 Å². The van der Waals surface area contributed by atoms with Crippen LogP contribution in [0.5, 0.6) is 0 Å². The maximum atomic E-state index is 12.1. The first-order valence-corrected chi connectivity index (χ1v) is 7.59. The SMILES string of the molecule is Cc1nc(C(C)NC(=O)c2cc(C(C)C)no2)sc1C(=O)O. The highest BCUT2D eigenvalue weighted by Gasteiger charge is 2.21. The van der Waals surface area contributed by atoms with E-state index in [2.05, 4.69) is 15.5 Å². The van der Waals surface area contributed by atoms with Crippen LogP contribution in [-0.4, -0.2) is 27.1 Å². The lowest BCUT2D eigenvalue weighted by molar-refractivity contribution is 0.0700. The molecule has 2 N–H and O–H groups in total. The maximum absolute atomic E-state index is 12.1. The smallest absolute Gasteiger partial charge is 0.347 e. The summed E-state index contributed by atoms with van der Waals surface area (Å²) in [5.74, 6) is -1.13. The summed E-state index contributed by atoms with van der Waals surface area (Å²) in [7, 11) is 0. The molecule has 2 heterocycles. The molecule has 0 saturated heterocycles. The first-order chi connectivity index (χ1) is 10.3. The molecule has 118 valence electrons. The predicted octanol–water partition coefficient (Wildman–Crippen LogP) is 2.75. The molecule has 0 radical (unpaired) electrons. The first kappa shape index (κ1) is 16.2.